The van der Waals surface area contributed by atoms with E-state index in [1.54, 1.807) is 4.68 Å². The number of aryl methyl sites for hydroxylation is 3. The summed E-state index contributed by atoms with van der Waals surface area (Å²) in [5, 5.41) is 12.1. The van der Waals surface area contributed by atoms with Crippen molar-refractivity contribution >= 4 is 33.6 Å². The number of rotatable bonds is 7. The third kappa shape index (κ3) is 5.85. The van der Waals surface area contributed by atoms with Crippen molar-refractivity contribution in [1.82, 2.24) is 30.3 Å². The summed E-state index contributed by atoms with van der Waals surface area (Å²) in [6.07, 6.45) is 0. The Kier molecular flexibility index (Phi) is 7.20. The molecule has 1 N–H and O–H groups in total. The third-order valence-electron chi connectivity index (χ3n) is 4.92. The van der Waals surface area contributed by atoms with E-state index in [4.69, 9.17) is 0 Å². The van der Waals surface area contributed by atoms with Gasteiger partial charge in [-0.1, -0.05) is 62.7 Å². The molecule has 0 fully saturated rings. The molecule has 4 aromatic rings. The second kappa shape index (κ2) is 10.3. The molecule has 4 rings (SSSR count). The van der Waals surface area contributed by atoms with Crippen molar-refractivity contribution in [2.45, 2.75) is 38.2 Å². The lowest BCUT2D eigenvalue weighted by atomic mass is 10.1. The lowest BCUT2D eigenvalue weighted by molar-refractivity contribution is 0.0945. The van der Waals surface area contributed by atoms with E-state index in [1.807, 2.05) is 75.4 Å². The van der Waals surface area contributed by atoms with Gasteiger partial charge in [-0.25, -0.2) is 14.6 Å². The first-order valence-corrected chi connectivity index (χ1v) is 12.2. The smallest absolute Gasteiger partial charge is 0.274 e. The Morgan fingerprint density at radius 3 is 2.33 bits per heavy atom. The number of aromatic nitrogens is 5. The van der Waals surface area contributed by atoms with Crippen LogP contribution in [0.5, 0.6) is 0 Å². The lowest BCUT2D eigenvalue weighted by Gasteiger charge is -2.09. The average Bonchev–Trinajstić information content (AvgIpc) is 3.21. The van der Waals surface area contributed by atoms with Crippen LogP contribution < -0.4 is 5.32 Å². The van der Waals surface area contributed by atoms with Crippen LogP contribution in [0.15, 0.2) is 64.2 Å². The Labute approximate surface area is 205 Å². The number of amides is 1. The summed E-state index contributed by atoms with van der Waals surface area (Å²) in [5.74, 6) is 0.176. The predicted octanol–water partition coefficient (Wildman–Crippen LogP) is 4.97. The van der Waals surface area contributed by atoms with Gasteiger partial charge in [0.2, 0.25) is 0 Å². The van der Waals surface area contributed by atoms with E-state index in [0.717, 1.165) is 27.1 Å². The number of halogens is 1. The molecular formula is C24H23BrN6OS. The zero-order valence-corrected chi connectivity index (χ0v) is 20.9. The predicted molar refractivity (Wildman–Crippen MR) is 132 cm³/mol. The minimum Gasteiger partial charge on any atom is -0.347 e. The second-order valence-corrected chi connectivity index (χ2v) is 9.52. The van der Waals surface area contributed by atoms with Gasteiger partial charge >= 0.3 is 0 Å². The molecule has 0 bridgehead atoms. The number of nitrogens with one attached hydrogen (secondary N) is 1. The molecule has 0 unspecified atom stereocenters. The Balaban J connectivity index is 1.60. The first-order chi connectivity index (χ1) is 15.9. The SMILES string of the molecule is Cc1ccc(CNC(=O)c2nnn(-c3ccc(Br)cc3)c2CSc2nc(C)cc(C)n2)cc1. The molecular weight excluding hydrogens is 500 g/mol. The molecule has 0 radical (unpaired) electrons. The van der Waals surface area contributed by atoms with Crippen LogP contribution in [0.1, 0.15) is 38.7 Å². The number of hydrogen-bond donors (Lipinski definition) is 1. The summed E-state index contributed by atoms with van der Waals surface area (Å²) in [6, 6.07) is 17.7. The van der Waals surface area contributed by atoms with Crippen molar-refractivity contribution in [3.8, 4) is 5.69 Å². The highest BCUT2D eigenvalue weighted by molar-refractivity contribution is 9.10. The van der Waals surface area contributed by atoms with Crippen molar-refractivity contribution in [3.05, 3.63) is 93.0 Å². The standard InChI is InChI=1S/C24H23BrN6OS/c1-15-4-6-18(7-5-15)13-26-23(32)22-21(14-33-24-27-16(2)12-17(3)28-24)31(30-29-22)20-10-8-19(25)9-11-20/h4-12H,13-14H2,1-3H3,(H,26,32). The van der Waals surface area contributed by atoms with Gasteiger partial charge in [0.25, 0.3) is 5.91 Å². The molecule has 0 atom stereocenters. The quantitative estimate of drug-likeness (QED) is 0.272. The number of hydrogen-bond acceptors (Lipinski definition) is 6. The molecule has 0 saturated carbocycles. The number of carbonyl (C=O) groups is 1. The highest BCUT2D eigenvalue weighted by atomic mass is 79.9. The van der Waals surface area contributed by atoms with Gasteiger partial charge in [-0.2, -0.15) is 0 Å². The first-order valence-electron chi connectivity index (χ1n) is 10.4. The van der Waals surface area contributed by atoms with Gasteiger partial charge in [-0.15, -0.1) is 5.10 Å². The molecule has 0 saturated heterocycles. The van der Waals surface area contributed by atoms with Crippen molar-refractivity contribution in [2.24, 2.45) is 0 Å². The Morgan fingerprint density at radius 2 is 1.67 bits per heavy atom. The van der Waals surface area contributed by atoms with Crippen molar-refractivity contribution in [3.63, 3.8) is 0 Å². The fraction of sp³-hybridized carbons (Fsp3) is 0.208. The molecule has 0 aliphatic heterocycles. The monoisotopic (exact) mass is 522 g/mol. The summed E-state index contributed by atoms with van der Waals surface area (Å²) < 4.78 is 2.66. The molecule has 9 heteroatoms. The number of carbonyl (C=O) groups excluding carboxylic acids is 1. The van der Waals surface area contributed by atoms with E-state index < -0.39 is 0 Å². The molecule has 33 heavy (non-hydrogen) atoms. The van der Waals surface area contributed by atoms with Gasteiger partial charge in [0.15, 0.2) is 10.9 Å². The maximum absolute atomic E-state index is 13.0. The van der Waals surface area contributed by atoms with Gasteiger partial charge in [0, 0.05) is 28.2 Å². The zero-order valence-electron chi connectivity index (χ0n) is 18.5. The van der Waals surface area contributed by atoms with Gasteiger partial charge < -0.3 is 5.32 Å². The number of nitrogens with zero attached hydrogens (tertiary/aromatic N) is 5. The van der Waals surface area contributed by atoms with Crippen LogP contribution in [0, 0.1) is 20.8 Å². The minimum atomic E-state index is -0.268. The largest absolute Gasteiger partial charge is 0.347 e. The fourth-order valence-electron chi connectivity index (χ4n) is 3.26. The molecule has 0 spiro atoms. The summed E-state index contributed by atoms with van der Waals surface area (Å²) in [5.41, 5.74) is 5.80. The normalized spacial score (nSPS) is 10.9. The Hall–Kier alpha value is -3.04. The van der Waals surface area contributed by atoms with E-state index in [2.05, 4.69) is 41.5 Å². The van der Waals surface area contributed by atoms with Crippen LogP contribution in [0.2, 0.25) is 0 Å². The van der Waals surface area contributed by atoms with Gasteiger partial charge in [-0.3, -0.25) is 4.79 Å². The molecule has 1 amide bonds. The minimum absolute atomic E-state index is 0.268. The van der Waals surface area contributed by atoms with Crippen molar-refractivity contribution in [2.75, 3.05) is 0 Å². The highest BCUT2D eigenvalue weighted by Gasteiger charge is 2.21. The fourth-order valence-corrected chi connectivity index (χ4v) is 4.47. The lowest BCUT2D eigenvalue weighted by Crippen LogP contribution is -2.24. The van der Waals surface area contributed by atoms with Crippen LogP contribution >= 0.6 is 27.7 Å². The summed E-state index contributed by atoms with van der Waals surface area (Å²) in [6.45, 7) is 6.33. The topological polar surface area (TPSA) is 85.6 Å². The van der Waals surface area contributed by atoms with E-state index in [9.17, 15) is 4.79 Å². The average molecular weight is 523 g/mol. The molecule has 0 aliphatic carbocycles. The van der Waals surface area contributed by atoms with Gasteiger partial charge in [0.05, 0.1) is 11.4 Å². The molecule has 168 valence electrons. The van der Waals surface area contributed by atoms with Crippen LogP contribution in [-0.2, 0) is 12.3 Å². The highest BCUT2D eigenvalue weighted by Crippen LogP contribution is 2.24. The third-order valence-corrected chi connectivity index (χ3v) is 6.31. The van der Waals surface area contributed by atoms with Crippen LogP contribution in [-0.4, -0.2) is 30.9 Å². The first kappa shape index (κ1) is 23.1. The zero-order chi connectivity index (χ0) is 23.4. The summed E-state index contributed by atoms with van der Waals surface area (Å²) >= 11 is 4.91. The Morgan fingerprint density at radius 1 is 1.00 bits per heavy atom. The van der Waals surface area contributed by atoms with Crippen molar-refractivity contribution < 1.29 is 4.79 Å². The molecule has 0 aliphatic rings. The summed E-state index contributed by atoms with van der Waals surface area (Å²) in [7, 11) is 0. The van der Waals surface area contributed by atoms with Gasteiger partial charge in [-0.05, 0) is 56.7 Å². The van der Waals surface area contributed by atoms with E-state index in [1.165, 1.54) is 17.3 Å². The van der Waals surface area contributed by atoms with E-state index in [0.29, 0.717) is 28.8 Å². The van der Waals surface area contributed by atoms with E-state index >= 15 is 0 Å². The van der Waals surface area contributed by atoms with Gasteiger partial charge in [0.1, 0.15) is 0 Å². The summed E-state index contributed by atoms with van der Waals surface area (Å²) in [4.78, 5) is 22.0. The van der Waals surface area contributed by atoms with Crippen LogP contribution in [0.3, 0.4) is 0 Å². The Bertz CT molecular complexity index is 1250. The van der Waals surface area contributed by atoms with Crippen LogP contribution in [0.25, 0.3) is 5.69 Å². The van der Waals surface area contributed by atoms with Crippen LogP contribution in [0.4, 0.5) is 0 Å². The molecule has 2 aromatic carbocycles. The maximum atomic E-state index is 13.0. The van der Waals surface area contributed by atoms with Crippen molar-refractivity contribution in [1.29, 1.82) is 0 Å². The number of benzene rings is 2. The maximum Gasteiger partial charge on any atom is 0.274 e. The second-order valence-electron chi connectivity index (χ2n) is 7.66. The van der Waals surface area contributed by atoms with E-state index in [-0.39, 0.29) is 5.91 Å². The molecule has 2 heterocycles. The molecule has 2 aromatic heterocycles. The molecule has 7 nitrogen and oxygen atoms in total. The number of thioether (sulfide) groups is 1.